The van der Waals surface area contributed by atoms with E-state index in [1.165, 1.54) is 17.3 Å². The highest BCUT2D eigenvalue weighted by Crippen LogP contribution is 2.17. The molecule has 33 heavy (non-hydrogen) atoms. The molecule has 2 heterocycles. The monoisotopic (exact) mass is 480 g/mol. The summed E-state index contributed by atoms with van der Waals surface area (Å²) in [6, 6.07) is 16.8. The highest BCUT2D eigenvalue weighted by Gasteiger charge is 2.38. The molecular weight excluding hydrogens is 457 g/mol. The lowest BCUT2D eigenvalue weighted by Crippen LogP contribution is -2.54. The molecule has 0 aliphatic carbocycles. The van der Waals surface area contributed by atoms with Gasteiger partial charge in [-0.15, -0.1) is 0 Å². The molecule has 1 saturated heterocycles. The molecule has 0 bridgehead atoms. The molecule has 176 valence electrons. The number of piperazine rings is 1. The molecule has 3 aromatic rings. The molecule has 1 N–H and O–H groups in total. The lowest BCUT2D eigenvalue weighted by atomic mass is 10.0. The van der Waals surface area contributed by atoms with Crippen LogP contribution in [0, 0.1) is 0 Å². The van der Waals surface area contributed by atoms with E-state index in [0.717, 1.165) is 42.7 Å². The number of fused-ring (bicyclic) bond motifs is 1. The molecule has 1 aromatic heterocycles. The van der Waals surface area contributed by atoms with E-state index in [1.54, 1.807) is 0 Å². The number of likely N-dealkylation sites (N-methyl/N-ethyl adjacent to an activating group) is 1. The first-order valence-corrected chi connectivity index (χ1v) is 10.9. The molecule has 1 fully saturated rings. The predicted octanol–water partition coefficient (Wildman–Crippen LogP) is 3.25. The van der Waals surface area contributed by atoms with Crippen molar-refractivity contribution in [1.82, 2.24) is 18.5 Å². The fourth-order valence-corrected chi connectivity index (χ4v) is 4.02. The Morgan fingerprint density at radius 3 is 2.39 bits per heavy atom. The van der Waals surface area contributed by atoms with Gasteiger partial charge < -0.3 is 10.0 Å². The fraction of sp³-hybridized carbons (Fsp3) is 0.364. The van der Waals surface area contributed by atoms with Gasteiger partial charge in [0, 0.05) is 25.7 Å². The van der Waals surface area contributed by atoms with Crippen LogP contribution >= 0.6 is 11.7 Å². The van der Waals surface area contributed by atoms with Crippen LogP contribution in [0.15, 0.2) is 48.5 Å². The van der Waals surface area contributed by atoms with Crippen molar-refractivity contribution >= 4 is 34.6 Å². The van der Waals surface area contributed by atoms with Gasteiger partial charge in [0.15, 0.2) is 0 Å². The average molecular weight is 481 g/mol. The molecule has 1 amide bonds. The van der Waals surface area contributed by atoms with Crippen molar-refractivity contribution in [2.24, 2.45) is 0 Å². The maximum Gasteiger partial charge on any atom is 0.490 e. The van der Waals surface area contributed by atoms with Crippen LogP contribution in [0.1, 0.15) is 11.1 Å². The van der Waals surface area contributed by atoms with Gasteiger partial charge in [0.2, 0.25) is 5.91 Å². The zero-order chi connectivity index (χ0) is 24.0. The smallest absolute Gasteiger partial charge is 0.475 e. The number of hydrogen-bond donors (Lipinski definition) is 1. The Kier molecular flexibility index (Phi) is 7.98. The second-order valence-electron chi connectivity index (χ2n) is 7.73. The second-order valence-corrected chi connectivity index (χ2v) is 8.26. The largest absolute Gasteiger partial charge is 0.490 e. The Morgan fingerprint density at radius 2 is 1.73 bits per heavy atom. The summed E-state index contributed by atoms with van der Waals surface area (Å²) in [5.74, 6) is -2.56. The minimum atomic E-state index is -5.08. The molecule has 4 rings (SSSR count). The zero-order valence-electron chi connectivity index (χ0n) is 17.8. The summed E-state index contributed by atoms with van der Waals surface area (Å²) in [4.78, 5) is 26.1. The van der Waals surface area contributed by atoms with Gasteiger partial charge in [-0.3, -0.25) is 9.69 Å². The standard InChI is InChI=1S/C20H22N4OS.C2HF3O2/c1-23-9-10-24(14-17(23)11-15-5-3-2-4-6-15)20(25)13-16-7-8-18-19(12-16)22-26-21-18;3-2(4,5)1(6)7/h2-8,12,17H,9-11,13-14H2,1H3;(H,6,7). The quantitative estimate of drug-likeness (QED) is 0.617. The Bertz CT molecular complexity index is 1090. The lowest BCUT2D eigenvalue weighted by Gasteiger charge is -2.39. The lowest BCUT2D eigenvalue weighted by molar-refractivity contribution is -0.192. The third-order valence-electron chi connectivity index (χ3n) is 5.36. The predicted molar refractivity (Wildman–Crippen MR) is 118 cm³/mol. The van der Waals surface area contributed by atoms with Crippen molar-refractivity contribution < 1.29 is 27.9 Å². The first-order valence-electron chi connectivity index (χ1n) is 10.2. The van der Waals surface area contributed by atoms with Gasteiger partial charge in [0.25, 0.3) is 0 Å². The van der Waals surface area contributed by atoms with Crippen LogP contribution in [0.4, 0.5) is 13.2 Å². The fourth-order valence-electron chi connectivity index (χ4n) is 3.50. The summed E-state index contributed by atoms with van der Waals surface area (Å²) >= 11 is 1.21. The van der Waals surface area contributed by atoms with E-state index >= 15 is 0 Å². The van der Waals surface area contributed by atoms with Crippen LogP contribution in [-0.4, -0.2) is 74.4 Å². The number of amides is 1. The SMILES string of the molecule is CN1CCN(C(=O)Cc2ccc3nsnc3c2)CC1Cc1ccccc1.O=C(O)C(F)(F)F. The van der Waals surface area contributed by atoms with Gasteiger partial charge in [-0.05, 0) is 36.7 Å². The molecule has 11 heteroatoms. The number of rotatable bonds is 4. The van der Waals surface area contributed by atoms with Crippen molar-refractivity contribution in [3.05, 3.63) is 59.7 Å². The number of carboxylic acid groups (broad SMARTS) is 1. The van der Waals surface area contributed by atoms with Crippen LogP contribution in [-0.2, 0) is 22.4 Å². The topological polar surface area (TPSA) is 86.6 Å². The molecule has 0 radical (unpaired) electrons. The molecular formula is C22H23F3N4O3S. The van der Waals surface area contributed by atoms with E-state index in [2.05, 4.69) is 45.0 Å². The van der Waals surface area contributed by atoms with Gasteiger partial charge in [-0.25, -0.2) is 4.79 Å². The molecule has 1 aliphatic heterocycles. The Morgan fingerprint density at radius 1 is 1.06 bits per heavy atom. The molecule has 0 saturated carbocycles. The van der Waals surface area contributed by atoms with Crippen LogP contribution in [0.25, 0.3) is 11.0 Å². The number of hydrogen-bond acceptors (Lipinski definition) is 6. The third-order valence-corrected chi connectivity index (χ3v) is 5.92. The van der Waals surface area contributed by atoms with E-state index in [-0.39, 0.29) is 5.91 Å². The van der Waals surface area contributed by atoms with Crippen LogP contribution in [0.2, 0.25) is 0 Å². The molecule has 1 atom stereocenters. The van der Waals surface area contributed by atoms with Crippen LogP contribution in [0.3, 0.4) is 0 Å². The molecule has 1 unspecified atom stereocenters. The Balaban J connectivity index is 0.000000383. The molecule has 0 spiro atoms. The van der Waals surface area contributed by atoms with Gasteiger partial charge in [-0.2, -0.15) is 21.9 Å². The highest BCUT2D eigenvalue weighted by molar-refractivity contribution is 7.00. The Hall–Kier alpha value is -3.05. The molecule has 7 nitrogen and oxygen atoms in total. The van der Waals surface area contributed by atoms with Crippen molar-refractivity contribution in [3.63, 3.8) is 0 Å². The summed E-state index contributed by atoms with van der Waals surface area (Å²) in [5, 5.41) is 7.12. The number of alkyl halides is 3. The number of aromatic nitrogens is 2. The van der Waals surface area contributed by atoms with E-state index in [4.69, 9.17) is 9.90 Å². The number of benzene rings is 2. The summed E-state index contributed by atoms with van der Waals surface area (Å²) in [7, 11) is 2.15. The number of nitrogens with zero attached hydrogens (tertiary/aromatic N) is 4. The van der Waals surface area contributed by atoms with E-state index in [9.17, 15) is 18.0 Å². The number of aliphatic carboxylic acids is 1. The second kappa shape index (κ2) is 10.7. The normalized spacial score (nSPS) is 16.8. The minimum absolute atomic E-state index is 0.193. The first-order chi connectivity index (χ1) is 15.6. The summed E-state index contributed by atoms with van der Waals surface area (Å²) in [6.07, 6.45) is -3.69. The van der Waals surface area contributed by atoms with Crippen molar-refractivity contribution in [1.29, 1.82) is 0 Å². The molecule has 2 aromatic carbocycles. The molecule has 1 aliphatic rings. The van der Waals surface area contributed by atoms with Gasteiger partial charge in [0.05, 0.1) is 18.1 Å². The van der Waals surface area contributed by atoms with Gasteiger partial charge >= 0.3 is 12.1 Å². The summed E-state index contributed by atoms with van der Waals surface area (Å²) in [5.41, 5.74) is 4.10. The van der Waals surface area contributed by atoms with Crippen molar-refractivity contribution in [2.75, 3.05) is 26.7 Å². The number of carbonyl (C=O) groups excluding carboxylic acids is 1. The van der Waals surface area contributed by atoms with Gasteiger partial charge in [0.1, 0.15) is 11.0 Å². The summed E-state index contributed by atoms with van der Waals surface area (Å²) < 4.78 is 40.2. The highest BCUT2D eigenvalue weighted by atomic mass is 32.1. The van der Waals surface area contributed by atoms with E-state index < -0.39 is 12.1 Å². The maximum absolute atomic E-state index is 12.8. The van der Waals surface area contributed by atoms with Crippen LogP contribution < -0.4 is 0 Å². The van der Waals surface area contributed by atoms with E-state index in [1.807, 2.05) is 29.2 Å². The van der Waals surface area contributed by atoms with Gasteiger partial charge in [-0.1, -0.05) is 36.4 Å². The van der Waals surface area contributed by atoms with Crippen molar-refractivity contribution in [2.45, 2.75) is 25.1 Å². The maximum atomic E-state index is 12.8. The number of carboxylic acids is 1. The minimum Gasteiger partial charge on any atom is -0.475 e. The van der Waals surface area contributed by atoms with Crippen molar-refractivity contribution in [3.8, 4) is 0 Å². The summed E-state index contributed by atoms with van der Waals surface area (Å²) in [6.45, 7) is 2.49. The Labute approximate surface area is 192 Å². The third kappa shape index (κ3) is 6.96. The zero-order valence-corrected chi connectivity index (χ0v) is 18.6. The van der Waals surface area contributed by atoms with Crippen LogP contribution in [0.5, 0.6) is 0 Å². The number of halogens is 3. The first kappa shape index (κ1) is 24.6. The average Bonchev–Trinajstić information content (AvgIpc) is 3.23. The van der Waals surface area contributed by atoms with E-state index in [0.29, 0.717) is 12.5 Å². The number of carbonyl (C=O) groups is 2.